The fourth-order valence-corrected chi connectivity index (χ4v) is 1.96. The van der Waals surface area contributed by atoms with Crippen molar-refractivity contribution in [2.75, 3.05) is 6.61 Å². The first-order chi connectivity index (χ1) is 8.66. The van der Waals surface area contributed by atoms with Crippen LogP contribution >= 0.6 is 23.2 Å². The summed E-state index contributed by atoms with van der Waals surface area (Å²) in [5.41, 5.74) is 6.97. The minimum absolute atomic E-state index is 0.236. The normalized spacial score (nSPS) is 12.2. The second-order valence-electron chi connectivity index (χ2n) is 3.90. The quantitative estimate of drug-likeness (QED) is 0.917. The molecule has 0 heterocycles. The predicted octanol–water partition coefficient (Wildman–Crippen LogP) is 4.07. The zero-order valence-electron chi connectivity index (χ0n) is 9.64. The smallest absolute Gasteiger partial charge is 0.137 e. The molecule has 0 saturated heterocycles. The van der Waals surface area contributed by atoms with Gasteiger partial charge in [0.15, 0.2) is 0 Å². The van der Waals surface area contributed by atoms with Crippen molar-refractivity contribution in [3.63, 3.8) is 0 Å². The van der Waals surface area contributed by atoms with Crippen LogP contribution in [0.15, 0.2) is 48.5 Å². The van der Waals surface area contributed by atoms with Crippen LogP contribution in [0.4, 0.5) is 0 Å². The van der Waals surface area contributed by atoms with E-state index in [1.807, 2.05) is 42.5 Å². The lowest BCUT2D eigenvalue weighted by molar-refractivity contribution is 0.291. The van der Waals surface area contributed by atoms with Crippen molar-refractivity contribution in [2.45, 2.75) is 6.04 Å². The molecule has 2 nitrogen and oxygen atoms in total. The molecule has 0 aliphatic carbocycles. The van der Waals surface area contributed by atoms with Gasteiger partial charge < -0.3 is 10.5 Å². The molecule has 0 aromatic heterocycles. The fourth-order valence-electron chi connectivity index (χ4n) is 1.57. The van der Waals surface area contributed by atoms with Gasteiger partial charge >= 0.3 is 0 Å². The molecular weight excluding hydrogens is 269 g/mol. The van der Waals surface area contributed by atoms with Gasteiger partial charge in [0, 0.05) is 5.02 Å². The SMILES string of the molecule is NC(COc1ccccc1Cl)c1cccc(Cl)c1. The van der Waals surface area contributed by atoms with E-state index in [0.29, 0.717) is 22.4 Å². The van der Waals surface area contributed by atoms with E-state index >= 15 is 0 Å². The number of rotatable bonds is 4. The summed E-state index contributed by atoms with van der Waals surface area (Å²) in [6.07, 6.45) is 0. The first-order valence-corrected chi connectivity index (χ1v) is 6.31. The molecule has 0 fully saturated rings. The molecule has 94 valence electrons. The van der Waals surface area contributed by atoms with Crippen LogP contribution < -0.4 is 10.5 Å². The third kappa shape index (κ3) is 3.39. The van der Waals surface area contributed by atoms with E-state index in [2.05, 4.69) is 0 Å². The monoisotopic (exact) mass is 281 g/mol. The van der Waals surface area contributed by atoms with Crippen molar-refractivity contribution in [2.24, 2.45) is 5.73 Å². The van der Waals surface area contributed by atoms with E-state index in [1.165, 1.54) is 0 Å². The molecule has 2 N–H and O–H groups in total. The van der Waals surface area contributed by atoms with E-state index in [-0.39, 0.29) is 6.04 Å². The number of nitrogens with two attached hydrogens (primary N) is 1. The zero-order valence-corrected chi connectivity index (χ0v) is 11.2. The van der Waals surface area contributed by atoms with E-state index in [4.69, 9.17) is 33.7 Å². The standard InChI is InChI=1S/C14H13Cl2NO/c15-11-5-3-4-10(8-11)13(17)9-18-14-7-2-1-6-12(14)16/h1-8,13H,9,17H2. The second kappa shape index (κ2) is 6.10. The van der Waals surface area contributed by atoms with Crippen LogP contribution in [0.25, 0.3) is 0 Å². The van der Waals surface area contributed by atoms with Gasteiger partial charge in [-0.1, -0.05) is 47.5 Å². The van der Waals surface area contributed by atoms with E-state index in [9.17, 15) is 0 Å². The Balaban J connectivity index is 2.00. The summed E-state index contributed by atoms with van der Waals surface area (Å²) in [5, 5.41) is 1.25. The molecule has 2 aromatic rings. The predicted molar refractivity (Wildman–Crippen MR) is 75.3 cm³/mol. The summed E-state index contributed by atoms with van der Waals surface area (Å²) in [7, 11) is 0. The molecule has 0 amide bonds. The van der Waals surface area contributed by atoms with Crippen LogP contribution in [0.1, 0.15) is 11.6 Å². The molecular formula is C14H13Cl2NO. The molecule has 0 saturated carbocycles. The summed E-state index contributed by atoms with van der Waals surface area (Å²) in [5.74, 6) is 0.636. The number of hydrogen-bond donors (Lipinski definition) is 1. The first kappa shape index (κ1) is 13.2. The molecule has 0 radical (unpaired) electrons. The third-order valence-electron chi connectivity index (χ3n) is 2.53. The van der Waals surface area contributed by atoms with Gasteiger partial charge in [-0.25, -0.2) is 0 Å². The van der Waals surface area contributed by atoms with Gasteiger partial charge in [0.2, 0.25) is 0 Å². The van der Waals surface area contributed by atoms with Crippen LogP contribution in [0, 0.1) is 0 Å². The average molecular weight is 282 g/mol. The van der Waals surface area contributed by atoms with Crippen LogP contribution in [-0.4, -0.2) is 6.61 Å². The highest BCUT2D eigenvalue weighted by Gasteiger charge is 2.08. The molecule has 0 spiro atoms. The Labute approximate surface area is 116 Å². The highest BCUT2D eigenvalue weighted by atomic mass is 35.5. The molecule has 2 aromatic carbocycles. The lowest BCUT2D eigenvalue weighted by Crippen LogP contribution is -2.19. The van der Waals surface area contributed by atoms with Gasteiger partial charge in [0.25, 0.3) is 0 Å². The Kier molecular flexibility index (Phi) is 4.48. The van der Waals surface area contributed by atoms with Gasteiger partial charge in [-0.05, 0) is 29.8 Å². The van der Waals surface area contributed by atoms with E-state index in [1.54, 1.807) is 6.07 Å². The van der Waals surface area contributed by atoms with Gasteiger partial charge in [0.1, 0.15) is 12.4 Å². The molecule has 1 atom stereocenters. The Morgan fingerprint density at radius 3 is 2.56 bits per heavy atom. The summed E-state index contributed by atoms with van der Waals surface area (Å²) in [4.78, 5) is 0. The maximum absolute atomic E-state index is 6.04. The Morgan fingerprint density at radius 2 is 1.83 bits per heavy atom. The highest BCUT2D eigenvalue weighted by Crippen LogP contribution is 2.24. The summed E-state index contributed by atoms with van der Waals surface area (Å²) in [6, 6.07) is 14.5. The van der Waals surface area contributed by atoms with Gasteiger partial charge in [0.05, 0.1) is 11.1 Å². The molecule has 4 heteroatoms. The molecule has 18 heavy (non-hydrogen) atoms. The minimum Gasteiger partial charge on any atom is -0.490 e. The van der Waals surface area contributed by atoms with Crippen LogP contribution in [0.3, 0.4) is 0 Å². The lowest BCUT2D eigenvalue weighted by atomic mass is 10.1. The minimum atomic E-state index is -0.236. The zero-order chi connectivity index (χ0) is 13.0. The summed E-state index contributed by atoms with van der Waals surface area (Å²) >= 11 is 11.9. The Morgan fingerprint density at radius 1 is 1.06 bits per heavy atom. The fraction of sp³-hybridized carbons (Fsp3) is 0.143. The molecule has 0 aliphatic rings. The van der Waals surface area contributed by atoms with Gasteiger partial charge in [-0.3, -0.25) is 0 Å². The van der Waals surface area contributed by atoms with E-state index < -0.39 is 0 Å². The Hall–Kier alpha value is -1.22. The van der Waals surface area contributed by atoms with Crippen molar-refractivity contribution in [1.82, 2.24) is 0 Å². The largest absolute Gasteiger partial charge is 0.490 e. The van der Waals surface area contributed by atoms with Gasteiger partial charge in [-0.2, -0.15) is 0 Å². The highest BCUT2D eigenvalue weighted by molar-refractivity contribution is 6.32. The average Bonchev–Trinajstić information content (AvgIpc) is 2.37. The summed E-state index contributed by atoms with van der Waals surface area (Å²) < 4.78 is 5.59. The van der Waals surface area contributed by atoms with Crippen LogP contribution in [0.5, 0.6) is 5.75 Å². The number of benzene rings is 2. The second-order valence-corrected chi connectivity index (χ2v) is 4.75. The van der Waals surface area contributed by atoms with Crippen molar-refractivity contribution in [3.8, 4) is 5.75 Å². The maximum Gasteiger partial charge on any atom is 0.137 e. The molecule has 1 unspecified atom stereocenters. The van der Waals surface area contributed by atoms with Gasteiger partial charge in [-0.15, -0.1) is 0 Å². The van der Waals surface area contributed by atoms with Crippen molar-refractivity contribution < 1.29 is 4.74 Å². The summed E-state index contributed by atoms with van der Waals surface area (Å²) in [6.45, 7) is 0.351. The third-order valence-corrected chi connectivity index (χ3v) is 3.08. The van der Waals surface area contributed by atoms with Crippen molar-refractivity contribution >= 4 is 23.2 Å². The van der Waals surface area contributed by atoms with Crippen molar-refractivity contribution in [3.05, 3.63) is 64.1 Å². The number of para-hydroxylation sites is 1. The molecule has 2 rings (SSSR count). The number of halogens is 2. The first-order valence-electron chi connectivity index (χ1n) is 5.55. The maximum atomic E-state index is 6.04. The van der Waals surface area contributed by atoms with E-state index in [0.717, 1.165) is 5.56 Å². The Bertz CT molecular complexity index is 531. The lowest BCUT2D eigenvalue weighted by Gasteiger charge is -2.14. The van der Waals surface area contributed by atoms with Crippen molar-refractivity contribution in [1.29, 1.82) is 0 Å². The molecule has 0 aliphatic heterocycles. The topological polar surface area (TPSA) is 35.2 Å². The van der Waals surface area contributed by atoms with Crippen LogP contribution in [-0.2, 0) is 0 Å². The van der Waals surface area contributed by atoms with Crippen LogP contribution in [0.2, 0.25) is 10.0 Å². The number of ether oxygens (including phenoxy) is 1. The molecule has 0 bridgehead atoms. The number of hydrogen-bond acceptors (Lipinski definition) is 2.